The van der Waals surface area contributed by atoms with E-state index < -0.39 is 11.7 Å². The summed E-state index contributed by atoms with van der Waals surface area (Å²) < 4.78 is 26.1. The van der Waals surface area contributed by atoms with Crippen LogP contribution in [0.15, 0.2) is 66.9 Å². The van der Waals surface area contributed by atoms with Crippen molar-refractivity contribution < 1.29 is 18.7 Å². The van der Waals surface area contributed by atoms with Crippen molar-refractivity contribution in [2.75, 3.05) is 62.0 Å². The van der Waals surface area contributed by atoms with E-state index in [2.05, 4.69) is 32.5 Å². The number of halogens is 1. The predicted molar refractivity (Wildman–Crippen MR) is 158 cm³/mol. The van der Waals surface area contributed by atoms with Gasteiger partial charge in [-0.3, -0.25) is 4.79 Å². The zero-order valence-corrected chi connectivity index (χ0v) is 23.0. The highest BCUT2D eigenvalue weighted by molar-refractivity contribution is 6.10. The van der Waals surface area contributed by atoms with Gasteiger partial charge in [-0.25, -0.2) is 9.37 Å². The third-order valence-corrected chi connectivity index (χ3v) is 7.55. The Labute approximate surface area is 238 Å². The summed E-state index contributed by atoms with van der Waals surface area (Å²) in [4.78, 5) is 26.6. The number of morpholine rings is 1. The third kappa shape index (κ3) is 6.39. The number of fused-ring (bicyclic) bond motifs is 1. The molecule has 2 aliphatic rings. The van der Waals surface area contributed by atoms with E-state index in [0.717, 1.165) is 36.7 Å². The molecule has 0 radical (unpaired) electrons. The summed E-state index contributed by atoms with van der Waals surface area (Å²) in [5.74, 6) is 0.716. The van der Waals surface area contributed by atoms with Crippen LogP contribution < -0.4 is 20.3 Å². The second-order valence-electron chi connectivity index (χ2n) is 10.5. The molecule has 0 aliphatic carbocycles. The van der Waals surface area contributed by atoms with E-state index in [4.69, 9.17) is 9.47 Å². The fourth-order valence-electron chi connectivity index (χ4n) is 5.29. The number of nitrogens with one attached hydrogen (secondary N) is 2. The molecule has 0 unspecified atom stereocenters. The van der Waals surface area contributed by atoms with Crippen molar-refractivity contribution in [1.29, 1.82) is 0 Å². The molecule has 3 heterocycles. The summed E-state index contributed by atoms with van der Waals surface area (Å²) in [6, 6.07) is 17.7. The molecule has 9 nitrogen and oxygen atoms in total. The molecule has 2 saturated heterocycles. The molecule has 4 aromatic rings. The smallest absolute Gasteiger partial charge is 0.255 e. The number of hydrogen-bond donors (Lipinski definition) is 2. The van der Waals surface area contributed by atoms with Gasteiger partial charge in [0, 0.05) is 59.1 Å². The molecule has 0 saturated carbocycles. The Morgan fingerprint density at radius 3 is 2.59 bits per heavy atom. The quantitative estimate of drug-likeness (QED) is 0.323. The molecule has 0 atom stereocenters. The van der Waals surface area contributed by atoms with E-state index in [0.29, 0.717) is 61.3 Å². The molecule has 0 bridgehead atoms. The topological polar surface area (TPSA) is 91.9 Å². The number of carbonyl (C=O) groups is 1. The third-order valence-electron chi connectivity index (χ3n) is 7.55. The van der Waals surface area contributed by atoms with Crippen molar-refractivity contribution in [3.8, 4) is 11.6 Å². The first-order valence-electron chi connectivity index (χ1n) is 13.9. The largest absolute Gasteiger partial charge is 0.438 e. The van der Waals surface area contributed by atoms with Crippen LogP contribution >= 0.6 is 0 Å². The lowest BCUT2D eigenvalue weighted by Crippen LogP contribution is -2.37. The number of ether oxygens (including phenoxy) is 2. The average Bonchev–Trinajstić information content (AvgIpc) is 3.00. The molecule has 212 valence electrons. The number of nitrogens with zero attached hydrogens (tertiary/aromatic N) is 4. The molecular formula is C31H33FN6O3. The van der Waals surface area contributed by atoms with Gasteiger partial charge in [0.1, 0.15) is 11.6 Å². The van der Waals surface area contributed by atoms with Gasteiger partial charge in [-0.1, -0.05) is 24.3 Å². The van der Waals surface area contributed by atoms with E-state index in [1.807, 2.05) is 29.2 Å². The maximum Gasteiger partial charge on any atom is 0.255 e. The van der Waals surface area contributed by atoms with Gasteiger partial charge in [-0.05, 0) is 63.3 Å². The number of amides is 1. The zero-order valence-electron chi connectivity index (χ0n) is 23.0. The van der Waals surface area contributed by atoms with Crippen LogP contribution in [-0.2, 0) is 4.74 Å². The van der Waals surface area contributed by atoms with Gasteiger partial charge in [-0.15, -0.1) is 0 Å². The van der Waals surface area contributed by atoms with E-state index in [1.165, 1.54) is 12.1 Å². The SMILES string of the molecule is CN1CCC(Nc2nccc(Oc3ccc(NC(=O)c4cc(F)cc(N5CCOCC5)c4)c4ccccc34)n2)CC1. The summed E-state index contributed by atoms with van der Waals surface area (Å²) in [5.41, 5.74) is 1.52. The molecule has 1 amide bonds. The van der Waals surface area contributed by atoms with E-state index in [9.17, 15) is 9.18 Å². The Morgan fingerprint density at radius 1 is 1.00 bits per heavy atom. The first kappa shape index (κ1) is 26.9. The molecule has 6 rings (SSSR count). The summed E-state index contributed by atoms with van der Waals surface area (Å²) >= 11 is 0. The minimum Gasteiger partial charge on any atom is -0.438 e. The number of hydrogen-bond acceptors (Lipinski definition) is 8. The molecule has 2 fully saturated rings. The number of anilines is 3. The van der Waals surface area contributed by atoms with Gasteiger partial charge in [0.15, 0.2) is 0 Å². The van der Waals surface area contributed by atoms with Crippen molar-refractivity contribution in [3.05, 3.63) is 78.2 Å². The highest BCUT2D eigenvalue weighted by Crippen LogP contribution is 2.34. The van der Waals surface area contributed by atoms with Crippen LogP contribution in [0.5, 0.6) is 11.6 Å². The first-order valence-corrected chi connectivity index (χ1v) is 13.9. The average molecular weight is 557 g/mol. The van der Waals surface area contributed by atoms with Crippen LogP contribution in [0.3, 0.4) is 0 Å². The standard InChI is InChI=1S/C31H33FN6O3/c1-37-12-9-23(10-13-37)34-31-33-11-8-29(36-31)41-28-7-6-27(25-4-2-3-5-26(25)28)35-30(39)21-18-22(32)20-24(19-21)38-14-16-40-17-15-38/h2-8,11,18-20,23H,9-10,12-17H2,1H3,(H,35,39)(H,33,34,36). The van der Waals surface area contributed by atoms with Crippen molar-refractivity contribution in [2.45, 2.75) is 18.9 Å². The molecular weight excluding hydrogens is 523 g/mol. The normalized spacial score (nSPS) is 16.5. The highest BCUT2D eigenvalue weighted by Gasteiger charge is 2.19. The number of carbonyl (C=O) groups excluding carboxylic acids is 1. The number of likely N-dealkylation sites (tertiary alicyclic amines) is 1. The summed E-state index contributed by atoms with van der Waals surface area (Å²) in [6.45, 7) is 4.53. The summed E-state index contributed by atoms with van der Waals surface area (Å²) in [7, 11) is 2.13. The molecule has 0 spiro atoms. The van der Waals surface area contributed by atoms with Gasteiger partial charge < -0.3 is 29.9 Å². The Balaban J connectivity index is 1.20. The second kappa shape index (κ2) is 12.1. The lowest BCUT2D eigenvalue weighted by molar-refractivity contribution is 0.102. The molecule has 3 aromatic carbocycles. The molecule has 41 heavy (non-hydrogen) atoms. The number of rotatable bonds is 7. The Kier molecular flexibility index (Phi) is 7.93. The van der Waals surface area contributed by atoms with Crippen molar-refractivity contribution in [1.82, 2.24) is 14.9 Å². The maximum atomic E-state index is 14.5. The molecule has 2 aliphatic heterocycles. The Morgan fingerprint density at radius 2 is 1.78 bits per heavy atom. The van der Waals surface area contributed by atoms with Crippen LogP contribution in [0.4, 0.5) is 21.7 Å². The number of benzene rings is 3. The van der Waals surface area contributed by atoms with Crippen LogP contribution in [0.1, 0.15) is 23.2 Å². The van der Waals surface area contributed by atoms with Crippen molar-refractivity contribution in [3.63, 3.8) is 0 Å². The summed E-state index contributed by atoms with van der Waals surface area (Å²) in [5, 5.41) is 7.99. The minimum absolute atomic E-state index is 0.251. The zero-order chi connectivity index (χ0) is 28.2. The number of aromatic nitrogens is 2. The molecule has 1 aromatic heterocycles. The maximum absolute atomic E-state index is 14.5. The van der Waals surface area contributed by atoms with Crippen molar-refractivity contribution in [2.24, 2.45) is 0 Å². The van der Waals surface area contributed by atoms with Crippen LogP contribution in [0.2, 0.25) is 0 Å². The lowest BCUT2D eigenvalue weighted by atomic mass is 10.1. The van der Waals surface area contributed by atoms with Gasteiger partial charge in [-0.2, -0.15) is 4.98 Å². The van der Waals surface area contributed by atoms with Crippen molar-refractivity contribution >= 4 is 34.0 Å². The van der Waals surface area contributed by atoms with E-state index in [-0.39, 0.29) is 5.56 Å². The predicted octanol–water partition coefficient (Wildman–Crippen LogP) is 5.16. The summed E-state index contributed by atoms with van der Waals surface area (Å²) in [6.07, 6.45) is 3.75. The van der Waals surface area contributed by atoms with E-state index in [1.54, 1.807) is 30.5 Å². The minimum atomic E-state index is -0.456. The van der Waals surface area contributed by atoms with Crippen LogP contribution in [-0.4, -0.2) is 73.3 Å². The molecule has 2 N–H and O–H groups in total. The Hall–Kier alpha value is -4.28. The highest BCUT2D eigenvalue weighted by atomic mass is 19.1. The fourth-order valence-corrected chi connectivity index (χ4v) is 5.29. The van der Waals surface area contributed by atoms with E-state index >= 15 is 0 Å². The lowest BCUT2D eigenvalue weighted by Gasteiger charge is -2.29. The van der Waals surface area contributed by atoms with Crippen LogP contribution in [0.25, 0.3) is 10.8 Å². The van der Waals surface area contributed by atoms with Gasteiger partial charge in [0.05, 0.1) is 13.2 Å². The van der Waals surface area contributed by atoms with Crippen LogP contribution in [0, 0.1) is 5.82 Å². The molecule has 10 heteroatoms. The fraction of sp³-hybridized carbons (Fsp3) is 0.323. The number of piperidine rings is 1. The Bertz CT molecular complexity index is 1540. The van der Waals surface area contributed by atoms with Gasteiger partial charge in [0.2, 0.25) is 11.8 Å². The monoisotopic (exact) mass is 556 g/mol. The van der Waals surface area contributed by atoms with Gasteiger partial charge in [0.25, 0.3) is 5.91 Å². The second-order valence-corrected chi connectivity index (χ2v) is 10.5. The first-order chi connectivity index (χ1) is 20.0. The van der Waals surface area contributed by atoms with Gasteiger partial charge >= 0.3 is 0 Å².